The molecular weight excluding hydrogens is 382 g/mol. The van der Waals surface area contributed by atoms with Gasteiger partial charge in [-0.3, -0.25) is 0 Å². The van der Waals surface area contributed by atoms with E-state index in [1.807, 2.05) is 12.1 Å². The van der Waals surface area contributed by atoms with Crippen molar-refractivity contribution in [3.8, 4) is 0 Å². The molecule has 2 rings (SSSR count). The van der Waals surface area contributed by atoms with Gasteiger partial charge in [0.15, 0.2) is 8.32 Å². The average molecular weight is 418 g/mol. The minimum absolute atomic E-state index is 0.0778. The van der Waals surface area contributed by atoms with E-state index in [1.165, 1.54) is 11.1 Å². The Kier molecular flexibility index (Phi) is 7.78. The van der Waals surface area contributed by atoms with E-state index < -0.39 is 8.32 Å². The molecular formula is C24H36ClNOSi. The van der Waals surface area contributed by atoms with Crippen LogP contribution in [0, 0.1) is 6.92 Å². The highest BCUT2D eigenvalue weighted by atomic mass is 35.5. The van der Waals surface area contributed by atoms with Gasteiger partial charge in [0.1, 0.15) is 0 Å². The molecule has 4 heteroatoms. The number of anilines is 1. The lowest BCUT2D eigenvalue weighted by Gasteiger charge is -2.42. The molecule has 0 aliphatic carbocycles. The predicted octanol–water partition coefficient (Wildman–Crippen LogP) is 7.99. The van der Waals surface area contributed by atoms with Crippen LogP contribution in [0.15, 0.2) is 48.5 Å². The van der Waals surface area contributed by atoms with Crippen molar-refractivity contribution in [2.75, 3.05) is 5.32 Å². The first-order valence-corrected chi connectivity index (χ1v) is 13.6. The number of hydrogen-bond donors (Lipinski definition) is 1. The Bertz CT molecular complexity index is 735. The summed E-state index contributed by atoms with van der Waals surface area (Å²) in [6.07, 6.45) is 2.20. The molecule has 2 aromatic rings. The maximum absolute atomic E-state index is 6.93. The number of halogens is 1. The van der Waals surface area contributed by atoms with Crippen LogP contribution in [0.3, 0.4) is 0 Å². The summed E-state index contributed by atoms with van der Waals surface area (Å²) in [6.45, 7) is 15.9. The predicted molar refractivity (Wildman–Crippen MR) is 126 cm³/mol. The molecule has 1 N–H and O–H groups in total. The van der Waals surface area contributed by atoms with Crippen LogP contribution in [0.1, 0.15) is 57.7 Å². The zero-order valence-corrected chi connectivity index (χ0v) is 20.2. The van der Waals surface area contributed by atoms with Gasteiger partial charge in [0.25, 0.3) is 0 Å². The third kappa shape index (κ3) is 6.10. The molecule has 0 saturated heterocycles. The van der Waals surface area contributed by atoms with E-state index in [0.29, 0.717) is 0 Å². The molecule has 2 aromatic carbocycles. The zero-order chi connectivity index (χ0) is 20.9. The molecule has 0 bridgehead atoms. The van der Waals surface area contributed by atoms with Gasteiger partial charge in [0.2, 0.25) is 0 Å². The standard InChI is InChI=1S/C24H36ClNOSi/c1-8-9-22(27-28(6,7)24(3,4)5)23(19-12-14-20(25)15-13-19)26-21-16-10-18(2)11-17-21/h10-17,22-23,26H,8-9H2,1-7H3. The van der Waals surface area contributed by atoms with Crippen LogP contribution in [0.4, 0.5) is 5.69 Å². The van der Waals surface area contributed by atoms with Crippen LogP contribution in [-0.4, -0.2) is 14.4 Å². The molecule has 0 radical (unpaired) electrons. The Morgan fingerprint density at radius 2 is 1.57 bits per heavy atom. The van der Waals surface area contributed by atoms with Gasteiger partial charge in [0, 0.05) is 10.7 Å². The van der Waals surface area contributed by atoms with Gasteiger partial charge in [-0.1, -0.05) is 75.5 Å². The first kappa shape index (κ1) is 23.0. The molecule has 0 aliphatic rings. The summed E-state index contributed by atoms with van der Waals surface area (Å²) in [5, 5.41) is 4.69. The monoisotopic (exact) mass is 417 g/mol. The van der Waals surface area contributed by atoms with Gasteiger partial charge >= 0.3 is 0 Å². The van der Waals surface area contributed by atoms with E-state index in [0.717, 1.165) is 23.6 Å². The molecule has 0 aromatic heterocycles. The molecule has 0 fully saturated rings. The molecule has 0 aliphatic heterocycles. The van der Waals surface area contributed by atoms with Crippen LogP contribution in [0.2, 0.25) is 23.2 Å². The molecule has 28 heavy (non-hydrogen) atoms. The number of aryl methyl sites for hydroxylation is 1. The highest BCUT2D eigenvalue weighted by molar-refractivity contribution is 6.74. The molecule has 0 saturated carbocycles. The van der Waals surface area contributed by atoms with E-state index >= 15 is 0 Å². The Hall–Kier alpha value is -1.29. The third-order valence-corrected chi connectivity index (χ3v) is 10.6. The zero-order valence-electron chi connectivity index (χ0n) is 18.5. The Morgan fingerprint density at radius 3 is 2.07 bits per heavy atom. The van der Waals surface area contributed by atoms with Gasteiger partial charge in [-0.05, 0) is 61.3 Å². The van der Waals surface area contributed by atoms with Crippen molar-refractivity contribution in [2.45, 2.75) is 77.7 Å². The quantitative estimate of drug-likeness (QED) is 0.439. The van der Waals surface area contributed by atoms with E-state index in [-0.39, 0.29) is 17.2 Å². The fourth-order valence-electron chi connectivity index (χ4n) is 3.02. The van der Waals surface area contributed by atoms with Crippen molar-refractivity contribution in [1.82, 2.24) is 0 Å². The third-order valence-electron chi connectivity index (χ3n) is 5.80. The van der Waals surface area contributed by atoms with Gasteiger partial charge in [-0.25, -0.2) is 0 Å². The van der Waals surface area contributed by atoms with Crippen LogP contribution in [0.5, 0.6) is 0 Å². The highest BCUT2D eigenvalue weighted by Gasteiger charge is 2.40. The topological polar surface area (TPSA) is 21.3 Å². The van der Waals surface area contributed by atoms with Crippen molar-refractivity contribution >= 4 is 25.6 Å². The van der Waals surface area contributed by atoms with Gasteiger partial charge in [0.05, 0.1) is 12.1 Å². The number of hydrogen-bond acceptors (Lipinski definition) is 2. The van der Waals surface area contributed by atoms with Crippen LogP contribution < -0.4 is 5.32 Å². The van der Waals surface area contributed by atoms with Gasteiger partial charge in [-0.15, -0.1) is 0 Å². The summed E-state index contributed by atoms with van der Waals surface area (Å²) in [5.41, 5.74) is 3.59. The molecule has 2 atom stereocenters. The lowest BCUT2D eigenvalue weighted by Crippen LogP contribution is -2.46. The first-order valence-electron chi connectivity index (χ1n) is 10.3. The van der Waals surface area contributed by atoms with Crippen LogP contribution >= 0.6 is 11.6 Å². The molecule has 2 unspecified atom stereocenters. The Labute approximate surface area is 177 Å². The second-order valence-electron chi connectivity index (χ2n) is 9.24. The fourth-order valence-corrected chi connectivity index (χ4v) is 4.51. The number of nitrogens with one attached hydrogen (secondary N) is 1. The summed E-state index contributed by atoms with van der Waals surface area (Å²) in [5.74, 6) is 0. The first-order chi connectivity index (χ1) is 13.0. The summed E-state index contributed by atoms with van der Waals surface area (Å²) >= 11 is 6.16. The summed E-state index contributed by atoms with van der Waals surface area (Å²) in [4.78, 5) is 0. The minimum Gasteiger partial charge on any atom is -0.411 e. The Balaban J connectivity index is 2.40. The highest BCUT2D eigenvalue weighted by Crippen LogP contribution is 2.40. The summed E-state index contributed by atoms with van der Waals surface area (Å²) < 4.78 is 6.93. The van der Waals surface area contributed by atoms with Crippen molar-refractivity contribution < 1.29 is 4.43 Å². The second-order valence-corrected chi connectivity index (χ2v) is 14.4. The van der Waals surface area contributed by atoms with Gasteiger partial charge < -0.3 is 9.74 Å². The van der Waals surface area contributed by atoms with Crippen molar-refractivity contribution in [3.63, 3.8) is 0 Å². The van der Waals surface area contributed by atoms with E-state index in [1.54, 1.807) is 0 Å². The van der Waals surface area contributed by atoms with E-state index in [2.05, 4.69) is 89.4 Å². The van der Waals surface area contributed by atoms with Gasteiger partial charge in [-0.2, -0.15) is 0 Å². The van der Waals surface area contributed by atoms with Crippen molar-refractivity contribution in [3.05, 3.63) is 64.7 Å². The lowest BCUT2D eigenvalue weighted by molar-refractivity contribution is 0.149. The molecule has 0 heterocycles. The maximum Gasteiger partial charge on any atom is 0.192 e. The number of benzene rings is 2. The van der Waals surface area contributed by atoms with E-state index in [9.17, 15) is 0 Å². The maximum atomic E-state index is 6.93. The summed E-state index contributed by atoms with van der Waals surface area (Å²) in [6, 6.07) is 16.8. The molecule has 2 nitrogen and oxygen atoms in total. The normalized spacial score (nSPS) is 14.6. The average Bonchev–Trinajstić information content (AvgIpc) is 2.61. The molecule has 154 valence electrons. The SMILES string of the molecule is CCCC(O[Si](C)(C)C(C)(C)C)C(Nc1ccc(C)cc1)c1ccc(Cl)cc1. The minimum atomic E-state index is -1.90. The fraction of sp³-hybridized carbons (Fsp3) is 0.500. The van der Waals surface area contributed by atoms with Crippen molar-refractivity contribution in [1.29, 1.82) is 0 Å². The summed E-state index contributed by atoms with van der Waals surface area (Å²) in [7, 11) is -1.90. The van der Waals surface area contributed by atoms with Crippen molar-refractivity contribution in [2.24, 2.45) is 0 Å². The lowest BCUT2D eigenvalue weighted by atomic mass is 9.98. The van der Waals surface area contributed by atoms with Crippen LogP contribution in [0.25, 0.3) is 0 Å². The smallest absolute Gasteiger partial charge is 0.192 e. The molecule has 0 spiro atoms. The van der Waals surface area contributed by atoms with E-state index in [4.69, 9.17) is 16.0 Å². The molecule has 0 amide bonds. The Morgan fingerprint density at radius 1 is 1.00 bits per heavy atom. The second kappa shape index (κ2) is 9.47. The van der Waals surface area contributed by atoms with Crippen LogP contribution in [-0.2, 0) is 4.43 Å². The number of rotatable bonds is 8. The largest absolute Gasteiger partial charge is 0.411 e.